The van der Waals surface area contributed by atoms with Crippen molar-refractivity contribution in [2.24, 2.45) is 4.99 Å². The molecule has 0 atom stereocenters. The van der Waals surface area contributed by atoms with Gasteiger partial charge in [-0.15, -0.1) is 0 Å². The van der Waals surface area contributed by atoms with Crippen LogP contribution in [0.2, 0.25) is 5.02 Å². The Morgan fingerprint density at radius 1 is 1.00 bits per heavy atom. The molecule has 0 aromatic heterocycles. The molecule has 0 radical (unpaired) electrons. The Balaban J connectivity index is 1.57. The first-order valence-electron chi connectivity index (χ1n) is 10.8. The minimum atomic E-state index is -0.725. The van der Waals surface area contributed by atoms with E-state index in [1.807, 2.05) is 0 Å². The molecule has 0 saturated carbocycles. The van der Waals surface area contributed by atoms with Crippen molar-refractivity contribution in [3.63, 3.8) is 0 Å². The lowest BCUT2D eigenvalue weighted by molar-refractivity contribution is -0.385. The van der Waals surface area contributed by atoms with Gasteiger partial charge in [-0.2, -0.15) is 0 Å². The topological polar surface area (TPSA) is 143 Å². The Kier molecular flexibility index (Phi) is 7.44. The molecule has 0 unspecified atom stereocenters. The molecule has 3 aromatic rings. The highest BCUT2D eigenvalue weighted by Gasteiger charge is 2.26. The number of halogens is 1. The smallest absolute Gasteiger partial charge is 0.363 e. The molecular weight excluding hydrogens is 506 g/mol. The molecule has 12 heteroatoms. The predicted octanol–water partition coefficient (Wildman–Crippen LogP) is 5.48. The third-order valence-corrected chi connectivity index (χ3v) is 5.42. The molecule has 0 aliphatic carbocycles. The van der Waals surface area contributed by atoms with Gasteiger partial charge in [0.1, 0.15) is 11.6 Å². The number of hydrogen-bond donors (Lipinski definition) is 0. The first-order chi connectivity index (χ1) is 17.7. The molecule has 188 valence electrons. The third kappa shape index (κ3) is 5.90. The molecule has 1 aliphatic rings. The van der Waals surface area contributed by atoms with Crippen molar-refractivity contribution in [1.29, 1.82) is 0 Å². The molecule has 1 aliphatic heterocycles. The van der Waals surface area contributed by atoms with Crippen LogP contribution in [0.1, 0.15) is 23.6 Å². The second kappa shape index (κ2) is 10.9. The lowest BCUT2D eigenvalue weighted by atomic mass is 10.1. The van der Waals surface area contributed by atoms with Crippen molar-refractivity contribution >= 4 is 40.9 Å². The maximum absolute atomic E-state index is 12.4. The molecule has 0 bridgehead atoms. The monoisotopic (exact) mass is 523 g/mol. The maximum Gasteiger partial charge on any atom is 0.363 e. The van der Waals surface area contributed by atoms with Crippen molar-refractivity contribution < 1.29 is 28.9 Å². The fourth-order valence-corrected chi connectivity index (χ4v) is 3.59. The van der Waals surface area contributed by atoms with Gasteiger partial charge in [-0.1, -0.05) is 29.8 Å². The van der Waals surface area contributed by atoms with Crippen LogP contribution in [-0.2, 0) is 16.1 Å². The van der Waals surface area contributed by atoms with Crippen LogP contribution in [0, 0.1) is 20.2 Å². The van der Waals surface area contributed by atoms with Gasteiger partial charge in [0.2, 0.25) is 5.90 Å². The molecule has 3 aromatic carbocycles. The summed E-state index contributed by atoms with van der Waals surface area (Å²) in [6.07, 6.45) is 1.48. The number of rotatable bonds is 9. The average molecular weight is 524 g/mol. The van der Waals surface area contributed by atoms with Gasteiger partial charge >= 0.3 is 5.97 Å². The zero-order valence-electron chi connectivity index (χ0n) is 19.3. The number of benzene rings is 3. The van der Waals surface area contributed by atoms with Crippen LogP contribution < -0.4 is 9.47 Å². The van der Waals surface area contributed by atoms with Gasteiger partial charge in [0.25, 0.3) is 11.4 Å². The lowest BCUT2D eigenvalue weighted by Gasteiger charge is -2.13. The Hall–Kier alpha value is -4.77. The largest absolute Gasteiger partial charge is 0.490 e. The molecular formula is C25H18ClN3O8. The van der Waals surface area contributed by atoms with Crippen molar-refractivity contribution in [3.8, 4) is 11.5 Å². The minimum Gasteiger partial charge on any atom is -0.490 e. The van der Waals surface area contributed by atoms with Crippen LogP contribution in [0.25, 0.3) is 6.08 Å². The third-order valence-electron chi connectivity index (χ3n) is 5.10. The van der Waals surface area contributed by atoms with Gasteiger partial charge in [0, 0.05) is 23.8 Å². The van der Waals surface area contributed by atoms with Crippen LogP contribution in [0.15, 0.2) is 71.4 Å². The second-order valence-corrected chi connectivity index (χ2v) is 8.02. The molecule has 0 N–H and O–H groups in total. The Morgan fingerprint density at radius 2 is 1.81 bits per heavy atom. The first-order valence-corrected chi connectivity index (χ1v) is 11.2. The van der Waals surface area contributed by atoms with E-state index in [0.29, 0.717) is 29.2 Å². The molecule has 37 heavy (non-hydrogen) atoms. The van der Waals surface area contributed by atoms with Crippen LogP contribution in [-0.4, -0.2) is 28.3 Å². The number of nitrogens with zero attached hydrogens (tertiary/aromatic N) is 3. The second-order valence-electron chi connectivity index (χ2n) is 7.61. The van der Waals surface area contributed by atoms with Crippen molar-refractivity contribution in [2.75, 3.05) is 6.61 Å². The molecule has 0 saturated heterocycles. The van der Waals surface area contributed by atoms with Crippen molar-refractivity contribution in [1.82, 2.24) is 0 Å². The number of carbonyl (C=O) groups excluding carboxylic acids is 1. The molecule has 0 spiro atoms. The molecule has 0 fully saturated rings. The van der Waals surface area contributed by atoms with Gasteiger partial charge in [0.15, 0.2) is 17.2 Å². The van der Waals surface area contributed by atoms with Gasteiger partial charge in [0.05, 0.1) is 16.5 Å². The zero-order chi connectivity index (χ0) is 26.5. The average Bonchev–Trinajstić information content (AvgIpc) is 3.24. The van der Waals surface area contributed by atoms with E-state index in [9.17, 15) is 25.0 Å². The number of nitro benzene ring substituents is 2. The summed E-state index contributed by atoms with van der Waals surface area (Å²) in [6.45, 7) is 2.22. The lowest BCUT2D eigenvalue weighted by Crippen LogP contribution is -2.06. The minimum absolute atomic E-state index is 0.0136. The van der Waals surface area contributed by atoms with Gasteiger partial charge in [-0.05, 0) is 48.4 Å². The quantitative estimate of drug-likeness (QED) is 0.155. The number of hydrogen-bond acceptors (Lipinski definition) is 9. The van der Waals surface area contributed by atoms with E-state index in [1.165, 1.54) is 36.4 Å². The summed E-state index contributed by atoms with van der Waals surface area (Å²) in [7, 11) is 0. The Labute approximate surface area is 214 Å². The fourth-order valence-electron chi connectivity index (χ4n) is 3.40. The summed E-state index contributed by atoms with van der Waals surface area (Å²) in [4.78, 5) is 37.6. The van der Waals surface area contributed by atoms with E-state index in [2.05, 4.69) is 4.99 Å². The van der Waals surface area contributed by atoms with Crippen LogP contribution in [0.5, 0.6) is 11.5 Å². The van der Waals surface area contributed by atoms with E-state index in [1.54, 1.807) is 37.3 Å². The van der Waals surface area contributed by atoms with E-state index >= 15 is 0 Å². The van der Waals surface area contributed by atoms with Crippen LogP contribution in [0.4, 0.5) is 11.4 Å². The summed E-state index contributed by atoms with van der Waals surface area (Å²) in [5, 5.41) is 22.1. The number of esters is 1. The number of carbonyl (C=O) groups is 1. The van der Waals surface area contributed by atoms with E-state index in [0.717, 1.165) is 0 Å². The van der Waals surface area contributed by atoms with Crippen molar-refractivity contribution in [3.05, 3.63) is 108 Å². The van der Waals surface area contributed by atoms with E-state index in [-0.39, 0.29) is 40.2 Å². The number of aliphatic imine (C=N–C) groups is 1. The van der Waals surface area contributed by atoms with E-state index < -0.39 is 15.8 Å². The predicted molar refractivity (Wildman–Crippen MR) is 134 cm³/mol. The molecule has 1 heterocycles. The van der Waals surface area contributed by atoms with Crippen LogP contribution in [0.3, 0.4) is 0 Å². The van der Waals surface area contributed by atoms with Gasteiger partial charge < -0.3 is 14.2 Å². The van der Waals surface area contributed by atoms with Crippen molar-refractivity contribution in [2.45, 2.75) is 13.5 Å². The Bertz CT molecular complexity index is 1470. The summed E-state index contributed by atoms with van der Waals surface area (Å²) in [5.41, 5.74) is 1.01. The summed E-state index contributed by atoms with van der Waals surface area (Å²) in [5.74, 6) is -0.0112. The SMILES string of the molecule is CCOc1cc(/C=C2\N=C(c3ccc(Cl)c([N+](=O)[O-])c3)OC2=O)ccc1OCc1cccc([N+](=O)[O-])c1. The van der Waals surface area contributed by atoms with Gasteiger partial charge in [-0.25, -0.2) is 9.79 Å². The molecule has 4 rings (SSSR count). The number of nitro groups is 2. The van der Waals surface area contributed by atoms with E-state index in [4.69, 9.17) is 25.8 Å². The maximum atomic E-state index is 12.4. The normalized spacial score (nSPS) is 13.7. The first kappa shape index (κ1) is 25.3. The highest BCUT2D eigenvalue weighted by molar-refractivity contribution is 6.32. The standard InChI is InChI=1S/C25H18ClN3O8/c1-2-35-23-12-15(6-9-22(23)36-14-16-4-3-5-18(10-16)28(31)32)11-20-25(30)37-24(27-20)17-7-8-19(26)21(13-17)29(33)34/h3-13H,2,14H2,1H3/b20-11-. The summed E-state index contributed by atoms with van der Waals surface area (Å²) >= 11 is 5.84. The number of ether oxygens (including phenoxy) is 3. The van der Waals surface area contributed by atoms with Gasteiger partial charge in [-0.3, -0.25) is 20.2 Å². The highest BCUT2D eigenvalue weighted by Crippen LogP contribution is 2.32. The summed E-state index contributed by atoms with van der Waals surface area (Å²) in [6, 6.07) is 15.0. The summed E-state index contributed by atoms with van der Waals surface area (Å²) < 4.78 is 16.7. The number of non-ortho nitro benzene ring substituents is 1. The van der Waals surface area contributed by atoms with Crippen LogP contribution >= 0.6 is 11.6 Å². The zero-order valence-corrected chi connectivity index (χ0v) is 20.0. The Morgan fingerprint density at radius 3 is 2.54 bits per heavy atom. The fraction of sp³-hybridized carbons (Fsp3) is 0.120. The molecule has 0 amide bonds. The highest BCUT2D eigenvalue weighted by atomic mass is 35.5. The molecule has 11 nitrogen and oxygen atoms in total. The number of cyclic esters (lactones) is 1.